The van der Waals surface area contributed by atoms with E-state index in [1.165, 1.54) is 9.80 Å². The van der Waals surface area contributed by atoms with Gasteiger partial charge < -0.3 is 15.1 Å². The number of hydrogen-bond donors (Lipinski definition) is 1. The van der Waals surface area contributed by atoms with Gasteiger partial charge in [-0.05, 0) is 20.8 Å². The van der Waals surface area contributed by atoms with Crippen LogP contribution in [0.3, 0.4) is 0 Å². The highest BCUT2D eigenvalue weighted by molar-refractivity contribution is 5.92. The maximum Gasteiger partial charge on any atom is 0.245 e. The molecule has 0 unspecified atom stereocenters. The van der Waals surface area contributed by atoms with Crippen molar-refractivity contribution in [3.63, 3.8) is 0 Å². The lowest BCUT2D eigenvalue weighted by Crippen LogP contribution is -2.63. The number of amides is 3. The van der Waals surface area contributed by atoms with Crippen molar-refractivity contribution in [1.82, 2.24) is 25.4 Å². The molecule has 0 radical (unpaired) electrons. The van der Waals surface area contributed by atoms with Crippen molar-refractivity contribution in [3.8, 4) is 0 Å². The van der Waals surface area contributed by atoms with Gasteiger partial charge in [-0.15, -0.1) is 0 Å². The molecule has 1 aromatic rings. The number of carbonyl (C=O) groups is 3. The molecule has 2 heterocycles. The molecular formula is C15H23N5O4. The standard InChI is InChI=1S/C15H23N5O4/c1-10-11(18-24-17-10)9-19(4)12(21)5-6-13(22)20-8-7-16-14(23)15(20,2)3/h5-9H2,1-4H3,(H,16,23). The quantitative estimate of drug-likeness (QED) is 0.800. The fraction of sp³-hybridized carbons (Fsp3) is 0.667. The van der Waals surface area contributed by atoms with Crippen LogP contribution in [-0.4, -0.2) is 63.5 Å². The first-order valence-corrected chi connectivity index (χ1v) is 7.84. The largest absolute Gasteiger partial charge is 0.352 e. The fourth-order valence-electron chi connectivity index (χ4n) is 2.58. The predicted molar refractivity (Wildman–Crippen MR) is 83.5 cm³/mol. The molecule has 1 aromatic heterocycles. The van der Waals surface area contributed by atoms with Gasteiger partial charge in [-0.1, -0.05) is 10.3 Å². The molecule has 0 atom stereocenters. The zero-order valence-electron chi connectivity index (χ0n) is 14.5. The number of aromatic nitrogens is 2. The van der Waals surface area contributed by atoms with Crippen LogP contribution >= 0.6 is 0 Å². The molecule has 1 aliphatic rings. The number of nitrogens with one attached hydrogen (secondary N) is 1. The van der Waals surface area contributed by atoms with E-state index < -0.39 is 5.54 Å². The Hall–Kier alpha value is -2.45. The molecule has 3 amide bonds. The molecule has 0 aliphatic carbocycles. The summed E-state index contributed by atoms with van der Waals surface area (Å²) in [6, 6.07) is 0. The van der Waals surface area contributed by atoms with Gasteiger partial charge in [-0.3, -0.25) is 14.4 Å². The van der Waals surface area contributed by atoms with Gasteiger partial charge in [0.05, 0.1) is 6.54 Å². The van der Waals surface area contributed by atoms with Crippen molar-refractivity contribution in [1.29, 1.82) is 0 Å². The zero-order valence-corrected chi connectivity index (χ0v) is 14.5. The lowest BCUT2D eigenvalue weighted by Gasteiger charge is -2.41. The van der Waals surface area contributed by atoms with Crippen LogP contribution in [0, 0.1) is 6.92 Å². The summed E-state index contributed by atoms with van der Waals surface area (Å²) in [4.78, 5) is 39.5. The smallest absolute Gasteiger partial charge is 0.245 e. The number of piperazine rings is 1. The summed E-state index contributed by atoms with van der Waals surface area (Å²) in [6.45, 7) is 6.31. The third kappa shape index (κ3) is 3.72. The van der Waals surface area contributed by atoms with Crippen molar-refractivity contribution in [2.24, 2.45) is 0 Å². The fourth-order valence-corrected chi connectivity index (χ4v) is 2.58. The molecule has 1 aliphatic heterocycles. The van der Waals surface area contributed by atoms with Crippen molar-refractivity contribution < 1.29 is 19.0 Å². The van der Waals surface area contributed by atoms with Crippen LogP contribution in [-0.2, 0) is 20.9 Å². The Morgan fingerprint density at radius 1 is 1.33 bits per heavy atom. The van der Waals surface area contributed by atoms with E-state index in [1.54, 1.807) is 27.8 Å². The average Bonchev–Trinajstić information content (AvgIpc) is 2.92. The normalized spacial score (nSPS) is 16.7. The number of rotatable bonds is 5. The van der Waals surface area contributed by atoms with Gasteiger partial charge in [0.25, 0.3) is 0 Å². The van der Waals surface area contributed by atoms with Crippen molar-refractivity contribution >= 4 is 17.7 Å². The third-order valence-electron chi connectivity index (χ3n) is 4.26. The lowest BCUT2D eigenvalue weighted by atomic mass is 9.98. The molecule has 1 fully saturated rings. The summed E-state index contributed by atoms with van der Waals surface area (Å²) in [5, 5.41) is 10.1. The second kappa shape index (κ2) is 6.98. The highest BCUT2D eigenvalue weighted by Gasteiger charge is 2.40. The summed E-state index contributed by atoms with van der Waals surface area (Å²) in [5.74, 6) is -0.555. The molecule has 0 spiro atoms. The first-order valence-electron chi connectivity index (χ1n) is 7.84. The average molecular weight is 337 g/mol. The van der Waals surface area contributed by atoms with E-state index in [2.05, 4.69) is 20.3 Å². The van der Waals surface area contributed by atoms with Crippen LogP contribution in [0.1, 0.15) is 38.1 Å². The Labute approximate surface area is 140 Å². The zero-order chi connectivity index (χ0) is 17.9. The molecule has 2 rings (SSSR count). The third-order valence-corrected chi connectivity index (χ3v) is 4.26. The molecule has 0 bridgehead atoms. The Morgan fingerprint density at radius 3 is 2.67 bits per heavy atom. The van der Waals surface area contributed by atoms with Crippen molar-refractivity contribution in [2.75, 3.05) is 20.1 Å². The highest BCUT2D eigenvalue weighted by atomic mass is 16.6. The molecule has 132 valence electrons. The van der Waals surface area contributed by atoms with Crippen molar-refractivity contribution in [2.45, 2.75) is 45.7 Å². The second-order valence-electron chi connectivity index (χ2n) is 6.41. The van der Waals surface area contributed by atoms with Gasteiger partial charge in [0, 0.05) is 33.0 Å². The van der Waals surface area contributed by atoms with E-state index in [1.807, 2.05) is 0 Å². The van der Waals surface area contributed by atoms with Gasteiger partial charge in [0.2, 0.25) is 17.7 Å². The van der Waals surface area contributed by atoms with Crippen LogP contribution < -0.4 is 5.32 Å². The first-order chi connectivity index (χ1) is 11.2. The molecule has 24 heavy (non-hydrogen) atoms. The van der Waals surface area contributed by atoms with Crippen LogP contribution in [0.2, 0.25) is 0 Å². The predicted octanol–water partition coefficient (Wildman–Crippen LogP) is -0.146. The van der Waals surface area contributed by atoms with Crippen LogP contribution in [0.15, 0.2) is 4.63 Å². The van der Waals surface area contributed by atoms with E-state index in [-0.39, 0.29) is 37.1 Å². The number of aryl methyl sites for hydroxylation is 1. The Kier molecular flexibility index (Phi) is 5.20. The molecule has 0 aromatic carbocycles. The van der Waals surface area contributed by atoms with E-state index >= 15 is 0 Å². The molecule has 1 N–H and O–H groups in total. The van der Waals surface area contributed by atoms with Crippen molar-refractivity contribution in [3.05, 3.63) is 11.4 Å². The molecule has 9 nitrogen and oxygen atoms in total. The number of carbonyl (C=O) groups excluding carboxylic acids is 3. The molecule has 0 saturated carbocycles. The Bertz CT molecular complexity index is 640. The topological polar surface area (TPSA) is 109 Å². The Balaban J connectivity index is 1.87. The van der Waals surface area contributed by atoms with E-state index in [9.17, 15) is 14.4 Å². The maximum absolute atomic E-state index is 12.4. The molecular weight excluding hydrogens is 314 g/mol. The van der Waals surface area contributed by atoms with Gasteiger partial charge >= 0.3 is 0 Å². The minimum Gasteiger partial charge on any atom is -0.352 e. The van der Waals surface area contributed by atoms with E-state index in [4.69, 9.17) is 0 Å². The molecule has 9 heteroatoms. The van der Waals surface area contributed by atoms with Crippen LogP contribution in [0.4, 0.5) is 0 Å². The molecule has 1 saturated heterocycles. The SMILES string of the molecule is Cc1nonc1CN(C)C(=O)CCC(=O)N1CCNC(=O)C1(C)C. The Morgan fingerprint density at radius 2 is 2.04 bits per heavy atom. The van der Waals surface area contributed by atoms with Crippen LogP contribution in [0.5, 0.6) is 0 Å². The number of hydrogen-bond acceptors (Lipinski definition) is 6. The van der Waals surface area contributed by atoms with E-state index in [0.29, 0.717) is 24.5 Å². The summed E-state index contributed by atoms with van der Waals surface area (Å²) < 4.78 is 4.60. The summed E-state index contributed by atoms with van der Waals surface area (Å²) >= 11 is 0. The summed E-state index contributed by atoms with van der Waals surface area (Å²) in [7, 11) is 1.64. The minimum absolute atomic E-state index is 0.0654. The van der Waals surface area contributed by atoms with Gasteiger partial charge in [-0.2, -0.15) is 0 Å². The highest BCUT2D eigenvalue weighted by Crippen LogP contribution is 2.19. The minimum atomic E-state index is -0.895. The lowest BCUT2D eigenvalue weighted by molar-refractivity contribution is -0.150. The second-order valence-corrected chi connectivity index (χ2v) is 6.41. The first kappa shape index (κ1) is 17.9. The van der Waals surface area contributed by atoms with Gasteiger partial charge in [0.15, 0.2) is 0 Å². The monoisotopic (exact) mass is 337 g/mol. The summed E-state index contributed by atoms with van der Waals surface area (Å²) in [6.07, 6.45) is 0.143. The van der Waals surface area contributed by atoms with Gasteiger partial charge in [-0.25, -0.2) is 4.63 Å². The van der Waals surface area contributed by atoms with Crippen LogP contribution in [0.25, 0.3) is 0 Å². The maximum atomic E-state index is 12.4. The van der Waals surface area contributed by atoms with E-state index in [0.717, 1.165) is 0 Å². The van der Waals surface area contributed by atoms with Gasteiger partial charge in [0.1, 0.15) is 16.9 Å². The number of nitrogens with zero attached hydrogens (tertiary/aromatic N) is 4. The summed E-state index contributed by atoms with van der Waals surface area (Å²) in [5.41, 5.74) is 0.325.